The van der Waals surface area contributed by atoms with Gasteiger partial charge in [-0.2, -0.15) is 0 Å². The van der Waals surface area contributed by atoms with Crippen molar-refractivity contribution >= 4 is 15.9 Å². The lowest BCUT2D eigenvalue weighted by Gasteiger charge is -2.18. The number of aryl methyl sites for hydroxylation is 2. The van der Waals surface area contributed by atoms with Crippen molar-refractivity contribution in [3.8, 4) is 11.5 Å². The van der Waals surface area contributed by atoms with E-state index >= 15 is 0 Å². The van der Waals surface area contributed by atoms with E-state index in [2.05, 4.69) is 71.5 Å². The molecule has 4 heteroatoms. The van der Waals surface area contributed by atoms with Gasteiger partial charge in [-0.05, 0) is 42.7 Å². The Morgan fingerprint density at radius 2 is 1.64 bits per heavy atom. The maximum absolute atomic E-state index is 6.23. The number of hydrogen-bond acceptors (Lipinski definition) is 3. The van der Waals surface area contributed by atoms with Crippen LogP contribution in [-0.4, -0.2) is 7.11 Å². The van der Waals surface area contributed by atoms with Crippen LogP contribution in [0.1, 0.15) is 27.8 Å². The quantitative estimate of drug-likeness (QED) is 0.470. The topological polar surface area (TPSA) is 30.5 Å². The van der Waals surface area contributed by atoms with E-state index in [-0.39, 0.29) is 0 Å². The van der Waals surface area contributed by atoms with Crippen LogP contribution in [0, 0.1) is 13.8 Å². The van der Waals surface area contributed by atoms with Gasteiger partial charge in [-0.25, -0.2) is 0 Å². The molecule has 0 radical (unpaired) electrons. The second kappa shape index (κ2) is 9.76. The lowest BCUT2D eigenvalue weighted by Crippen LogP contribution is -2.14. The van der Waals surface area contributed by atoms with Crippen LogP contribution >= 0.6 is 15.9 Å². The Bertz CT molecular complexity index is 922. The average Bonchev–Trinajstić information content (AvgIpc) is 2.70. The van der Waals surface area contributed by atoms with Crippen molar-refractivity contribution in [3.05, 3.63) is 93.0 Å². The average molecular weight is 440 g/mol. The molecule has 28 heavy (non-hydrogen) atoms. The fourth-order valence-corrected chi connectivity index (χ4v) is 3.48. The van der Waals surface area contributed by atoms with Gasteiger partial charge in [0, 0.05) is 23.1 Å². The Kier molecular flexibility index (Phi) is 7.12. The van der Waals surface area contributed by atoms with Crippen LogP contribution in [0.25, 0.3) is 0 Å². The molecule has 0 amide bonds. The van der Waals surface area contributed by atoms with Crippen LogP contribution in [0.2, 0.25) is 0 Å². The number of halogens is 1. The number of rotatable bonds is 8. The largest absolute Gasteiger partial charge is 0.493 e. The summed E-state index contributed by atoms with van der Waals surface area (Å²) in [5.74, 6) is 1.51. The summed E-state index contributed by atoms with van der Waals surface area (Å²) >= 11 is 3.67. The summed E-state index contributed by atoms with van der Waals surface area (Å²) in [4.78, 5) is 0. The standard InChI is InChI=1S/C24H26BrNO2/c1-17-8-10-19(11-9-17)14-26-15-21-22(25)12-13-23(27-3)24(21)28-16-20-7-5-4-6-18(20)2/h4-13,26H,14-16H2,1-3H3. The van der Waals surface area contributed by atoms with Crippen LogP contribution in [-0.2, 0) is 19.7 Å². The molecule has 3 aromatic rings. The molecule has 0 atom stereocenters. The highest BCUT2D eigenvalue weighted by molar-refractivity contribution is 9.10. The molecule has 3 nitrogen and oxygen atoms in total. The summed E-state index contributed by atoms with van der Waals surface area (Å²) in [5, 5.41) is 3.51. The van der Waals surface area contributed by atoms with E-state index in [0.717, 1.165) is 28.1 Å². The minimum Gasteiger partial charge on any atom is -0.493 e. The summed E-state index contributed by atoms with van der Waals surface area (Å²) in [5.41, 5.74) is 5.97. The second-order valence-corrected chi connectivity index (χ2v) is 7.72. The summed E-state index contributed by atoms with van der Waals surface area (Å²) in [7, 11) is 1.67. The SMILES string of the molecule is COc1ccc(Br)c(CNCc2ccc(C)cc2)c1OCc1ccccc1C. The first-order valence-electron chi connectivity index (χ1n) is 9.37. The maximum atomic E-state index is 6.23. The van der Waals surface area contributed by atoms with Crippen molar-refractivity contribution in [2.75, 3.05) is 7.11 Å². The summed E-state index contributed by atoms with van der Waals surface area (Å²) in [6, 6.07) is 20.8. The van der Waals surface area contributed by atoms with Gasteiger partial charge in [-0.3, -0.25) is 0 Å². The predicted molar refractivity (Wildman–Crippen MR) is 118 cm³/mol. The number of nitrogens with one attached hydrogen (secondary N) is 1. The van der Waals surface area contributed by atoms with Crippen LogP contribution in [0.3, 0.4) is 0 Å². The predicted octanol–water partition coefficient (Wildman–Crippen LogP) is 5.94. The Labute approximate surface area is 175 Å². The second-order valence-electron chi connectivity index (χ2n) is 6.86. The van der Waals surface area contributed by atoms with Crippen LogP contribution in [0.5, 0.6) is 11.5 Å². The minimum atomic E-state index is 0.504. The van der Waals surface area contributed by atoms with Crippen molar-refractivity contribution in [2.24, 2.45) is 0 Å². The molecule has 0 aromatic heterocycles. The van der Waals surface area contributed by atoms with Gasteiger partial charge in [-0.15, -0.1) is 0 Å². The van der Waals surface area contributed by atoms with E-state index in [4.69, 9.17) is 9.47 Å². The maximum Gasteiger partial charge on any atom is 0.167 e. The molecule has 0 aliphatic rings. The Hall–Kier alpha value is -2.30. The normalized spacial score (nSPS) is 10.7. The Morgan fingerprint density at radius 1 is 0.893 bits per heavy atom. The van der Waals surface area contributed by atoms with Gasteiger partial charge in [0.25, 0.3) is 0 Å². The van der Waals surface area contributed by atoms with Crippen molar-refractivity contribution in [1.82, 2.24) is 5.32 Å². The molecule has 0 saturated heterocycles. The zero-order valence-corrected chi connectivity index (χ0v) is 18.2. The highest BCUT2D eigenvalue weighted by Crippen LogP contribution is 2.37. The van der Waals surface area contributed by atoms with Gasteiger partial charge in [0.05, 0.1) is 7.11 Å². The molecule has 0 unspecified atom stereocenters. The minimum absolute atomic E-state index is 0.504. The van der Waals surface area contributed by atoms with Crippen molar-refractivity contribution in [1.29, 1.82) is 0 Å². The third-order valence-electron chi connectivity index (χ3n) is 4.77. The molecule has 0 aliphatic carbocycles. The highest BCUT2D eigenvalue weighted by atomic mass is 79.9. The van der Waals surface area contributed by atoms with Crippen molar-refractivity contribution in [2.45, 2.75) is 33.5 Å². The lowest BCUT2D eigenvalue weighted by molar-refractivity contribution is 0.279. The van der Waals surface area contributed by atoms with E-state index in [9.17, 15) is 0 Å². The molecular weight excluding hydrogens is 414 g/mol. The molecule has 0 bridgehead atoms. The third-order valence-corrected chi connectivity index (χ3v) is 5.51. The molecule has 0 fully saturated rings. The van der Waals surface area contributed by atoms with Gasteiger partial charge in [0.1, 0.15) is 6.61 Å². The van der Waals surface area contributed by atoms with Gasteiger partial charge >= 0.3 is 0 Å². The lowest BCUT2D eigenvalue weighted by atomic mass is 10.1. The van der Waals surface area contributed by atoms with E-state index in [1.165, 1.54) is 22.3 Å². The van der Waals surface area contributed by atoms with Crippen LogP contribution in [0.4, 0.5) is 0 Å². The fraction of sp³-hybridized carbons (Fsp3) is 0.250. The first-order valence-corrected chi connectivity index (χ1v) is 10.2. The Morgan fingerprint density at radius 3 is 2.36 bits per heavy atom. The molecular formula is C24H26BrNO2. The number of ether oxygens (including phenoxy) is 2. The van der Waals surface area contributed by atoms with E-state index in [1.54, 1.807) is 7.11 Å². The van der Waals surface area contributed by atoms with Crippen LogP contribution in [0.15, 0.2) is 65.1 Å². The molecule has 0 spiro atoms. The van der Waals surface area contributed by atoms with Crippen molar-refractivity contribution < 1.29 is 9.47 Å². The molecule has 146 valence electrons. The highest BCUT2D eigenvalue weighted by Gasteiger charge is 2.15. The first-order chi connectivity index (χ1) is 13.6. The summed E-state index contributed by atoms with van der Waals surface area (Å²) < 4.78 is 12.8. The van der Waals surface area contributed by atoms with E-state index in [1.807, 2.05) is 24.3 Å². The molecule has 1 N–H and O–H groups in total. The summed E-state index contributed by atoms with van der Waals surface area (Å²) in [6.07, 6.45) is 0. The van der Waals surface area contributed by atoms with Gasteiger partial charge < -0.3 is 14.8 Å². The van der Waals surface area contributed by atoms with Gasteiger partial charge in [0.2, 0.25) is 0 Å². The summed E-state index contributed by atoms with van der Waals surface area (Å²) in [6.45, 7) is 6.17. The number of methoxy groups -OCH3 is 1. The van der Waals surface area contributed by atoms with E-state index in [0.29, 0.717) is 13.2 Å². The molecule has 3 rings (SSSR count). The van der Waals surface area contributed by atoms with Gasteiger partial charge in [0.15, 0.2) is 11.5 Å². The van der Waals surface area contributed by atoms with Crippen molar-refractivity contribution in [3.63, 3.8) is 0 Å². The van der Waals surface area contributed by atoms with Crippen LogP contribution < -0.4 is 14.8 Å². The first kappa shape index (κ1) is 20.4. The molecule has 0 aliphatic heterocycles. The fourth-order valence-electron chi connectivity index (χ4n) is 3.03. The molecule has 0 heterocycles. The number of benzene rings is 3. The number of hydrogen-bond donors (Lipinski definition) is 1. The monoisotopic (exact) mass is 439 g/mol. The van der Waals surface area contributed by atoms with Gasteiger partial charge in [-0.1, -0.05) is 70.0 Å². The zero-order valence-electron chi connectivity index (χ0n) is 16.6. The molecule has 3 aromatic carbocycles. The zero-order chi connectivity index (χ0) is 19.9. The Balaban J connectivity index is 1.75. The molecule has 0 saturated carbocycles. The third kappa shape index (κ3) is 5.15. The smallest absolute Gasteiger partial charge is 0.167 e. The van der Waals surface area contributed by atoms with E-state index < -0.39 is 0 Å².